The highest BCUT2D eigenvalue weighted by atomic mass is 35.5. The summed E-state index contributed by atoms with van der Waals surface area (Å²) in [6, 6.07) is 16.8. The minimum atomic E-state index is -0.735. The van der Waals surface area contributed by atoms with Gasteiger partial charge in [-0.1, -0.05) is 60.5 Å². The molecule has 0 spiro atoms. The number of unbranched alkanes of at least 4 members (excludes halogenated alkanes) is 1. The van der Waals surface area contributed by atoms with Gasteiger partial charge in [-0.15, -0.1) is 0 Å². The average Bonchev–Trinajstić information content (AvgIpc) is 3.56. The summed E-state index contributed by atoms with van der Waals surface area (Å²) in [6.07, 6.45) is 3.10. The van der Waals surface area contributed by atoms with Gasteiger partial charge >= 0.3 is 11.9 Å². The predicted molar refractivity (Wildman–Crippen MR) is 166 cm³/mol. The number of halogens is 1. The van der Waals surface area contributed by atoms with E-state index in [0.29, 0.717) is 54.9 Å². The lowest BCUT2D eigenvalue weighted by Crippen LogP contribution is -2.40. The van der Waals surface area contributed by atoms with Crippen LogP contribution >= 0.6 is 22.9 Å². The molecule has 2 aromatic heterocycles. The molecule has 0 saturated heterocycles. The van der Waals surface area contributed by atoms with Crippen LogP contribution in [-0.4, -0.2) is 29.2 Å². The molecule has 43 heavy (non-hydrogen) atoms. The first-order chi connectivity index (χ1) is 20.7. The maximum Gasteiger partial charge on any atom is 0.338 e. The van der Waals surface area contributed by atoms with Crippen LogP contribution in [0.2, 0.25) is 5.02 Å². The summed E-state index contributed by atoms with van der Waals surface area (Å²) in [5, 5.41) is 0.540. The van der Waals surface area contributed by atoms with E-state index < -0.39 is 12.0 Å². The number of aromatic nitrogens is 1. The van der Waals surface area contributed by atoms with E-state index in [1.165, 1.54) is 15.9 Å². The molecule has 0 N–H and O–H groups in total. The average molecular weight is 619 g/mol. The molecule has 0 amide bonds. The molecule has 0 fully saturated rings. The number of fused-ring (bicyclic) bond motifs is 1. The second kappa shape index (κ2) is 13.0. The molecule has 0 radical (unpaired) electrons. The van der Waals surface area contributed by atoms with Crippen molar-refractivity contribution in [2.45, 2.75) is 52.7 Å². The molecule has 0 bridgehead atoms. The third-order valence-electron chi connectivity index (χ3n) is 6.81. The van der Waals surface area contributed by atoms with Crippen molar-refractivity contribution in [3.05, 3.63) is 114 Å². The van der Waals surface area contributed by atoms with Gasteiger partial charge in [0.25, 0.3) is 5.56 Å². The first-order valence-corrected chi connectivity index (χ1v) is 15.2. The predicted octanol–water partition coefficient (Wildman–Crippen LogP) is 6.06. The van der Waals surface area contributed by atoms with Gasteiger partial charge in [-0.2, -0.15) is 0 Å². The molecule has 4 aromatic rings. The maximum atomic E-state index is 13.8. The number of carbonyl (C=O) groups excluding carboxylic acids is 2. The van der Waals surface area contributed by atoms with Gasteiger partial charge in [-0.05, 0) is 69.2 Å². The molecule has 10 heteroatoms. The fraction of sp³-hybridized carbons (Fsp3) is 0.273. The minimum absolute atomic E-state index is 0.299. The normalized spacial score (nSPS) is 14.9. The van der Waals surface area contributed by atoms with Crippen LogP contribution in [0.25, 0.3) is 17.4 Å². The molecule has 222 valence electrons. The second-order valence-corrected chi connectivity index (χ2v) is 11.8. The molecule has 0 saturated carbocycles. The summed E-state index contributed by atoms with van der Waals surface area (Å²) in [7, 11) is 0. The molecular weight excluding hydrogens is 588 g/mol. The first-order valence-electron chi connectivity index (χ1n) is 14.0. The molecule has 2 aromatic carbocycles. The van der Waals surface area contributed by atoms with Crippen LogP contribution in [0, 0.1) is 0 Å². The van der Waals surface area contributed by atoms with Gasteiger partial charge in [-0.25, -0.2) is 14.6 Å². The highest BCUT2D eigenvalue weighted by molar-refractivity contribution is 7.07. The lowest BCUT2D eigenvalue weighted by Gasteiger charge is -2.25. The first kappa shape index (κ1) is 30.3. The number of thiazole rings is 1. The smallest absolute Gasteiger partial charge is 0.338 e. The monoisotopic (exact) mass is 618 g/mol. The number of hydrogen-bond donors (Lipinski definition) is 0. The quantitative estimate of drug-likeness (QED) is 0.167. The van der Waals surface area contributed by atoms with Crippen molar-refractivity contribution in [1.29, 1.82) is 0 Å². The largest absolute Gasteiger partial charge is 0.462 e. The number of allylic oxidation sites excluding steroid dienone is 1. The van der Waals surface area contributed by atoms with Gasteiger partial charge in [0.05, 0.1) is 40.1 Å². The summed E-state index contributed by atoms with van der Waals surface area (Å²) < 4.78 is 18.8. The summed E-state index contributed by atoms with van der Waals surface area (Å²) in [6.45, 7) is 7.72. The van der Waals surface area contributed by atoms with E-state index in [4.69, 9.17) is 25.5 Å². The summed E-state index contributed by atoms with van der Waals surface area (Å²) in [4.78, 5) is 44.3. The lowest BCUT2D eigenvalue weighted by atomic mass is 9.96. The summed E-state index contributed by atoms with van der Waals surface area (Å²) >= 11 is 7.35. The molecule has 0 aliphatic carbocycles. The van der Waals surface area contributed by atoms with Crippen molar-refractivity contribution in [2.24, 2.45) is 4.99 Å². The van der Waals surface area contributed by atoms with Crippen LogP contribution in [-0.2, 0) is 14.3 Å². The Hall–Kier alpha value is -4.21. The number of carbonyl (C=O) groups is 2. The molecule has 1 atom stereocenters. The van der Waals surface area contributed by atoms with Crippen LogP contribution in [0.15, 0.2) is 86.1 Å². The van der Waals surface area contributed by atoms with Crippen LogP contribution in [0.3, 0.4) is 0 Å². The molecule has 1 aliphatic rings. The number of rotatable bonds is 9. The maximum absolute atomic E-state index is 13.8. The number of hydrogen-bond acceptors (Lipinski definition) is 8. The highest BCUT2D eigenvalue weighted by Crippen LogP contribution is 2.31. The van der Waals surface area contributed by atoms with Crippen LogP contribution < -0.4 is 14.9 Å². The molecule has 8 nitrogen and oxygen atoms in total. The Morgan fingerprint density at radius 2 is 1.79 bits per heavy atom. The highest BCUT2D eigenvalue weighted by Gasteiger charge is 2.33. The fourth-order valence-electron chi connectivity index (χ4n) is 4.70. The number of furan rings is 1. The third-order valence-corrected chi connectivity index (χ3v) is 8.04. The second-order valence-electron chi connectivity index (χ2n) is 10.4. The van der Waals surface area contributed by atoms with Gasteiger partial charge in [0.2, 0.25) is 0 Å². The molecule has 5 rings (SSSR count). The topological polar surface area (TPSA) is 100 Å². The van der Waals surface area contributed by atoms with Gasteiger partial charge < -0.3 is 13.9 Å². The number of ether oxygens (including phenoxy) is 2. The van der Waals surface area contributed by atoms with Crippen molar-refractivity contribution >= 4 is 41.0 Å². The van der Waals surface area contributed by atoms with Crippen molar-refractivity contribution in [1.82, 2.24) is 4.57 Å². The molecular formula is C33H31ClN2O6S. The number of benzene rings is 2. The summed E-state index contributed by atoms with van der Waals surface area (Å²) in [5.41, 5.74) is 2.42. The zero-order valence-corrected chi connectivity index (χ0v) is 25.8. The van der Waals surface area contributed by atoms with Crippen LogP contribution in [0.5, 0.6) is 0 Å². The minimum Gasteiger partial charge on any atom is -0.462 e. The van der Waals surface area contributed by atoms with E-state index in [9.17, 15) is 14.4 Å². The van der Waals surface area contributed by atoms with Crippen LogP contribution in [0.4, 0.5) is 0 Å². The van der Waals surface area contributed by atoms with E-state index in [2.05, 4.69) is 4.99 Å². The van der Waals surface area contributed by atoms with E-state index in [-0.39, 0.29) is 17.6 Å². The van der Waals surface area contributed by atoms with Crippen molar-refractivity contribution in [3.8, 4) is 11.3 Å². The SMILES string of the molecule is CCCCOC(=O)c1ccc(-c2ccc(/C=c3\sc4n(c3=O)[C@@H](c3ccc(Cl)cc3)C(C(=O)OC(C)C)=C(C)N=4)o2)cc1. The van der Waals surface area contributed by atoms with Crippen molar-refractivity contribution < 1.29 is 23.5 Å². The van der Waals surface area contributed by atoms with E-state index in [1.54, 1.807) is 87.5 Å². The Labute approximate surface area is 257 Å². The third kappa shape index (κ3) is 6.58. The zero-order chi connectivity index (χ0) is 30.7. The Morgan fingerprint density at radius 1 is 1.07 bits per heavy atom. The lowest BCUT2D eigenvalue weighted by molar-refractivity contribution is -0.143. The van der Waals surface area contributed by atoms with Gasteiger partial charge in [0.1, 0.15) is 11.5 Å². The molecule has 1 aliphatic heterocycles. The Kier molecular flexibility index (Phi) is 9.13. The van der Waals surface area contributed by atoms with Gasteiger partial charge in [0.15, 0.2) is 4.80 Å². The Morgan fingerprint density at radius 3 is 2.47 bits per heavy atom. The van der Waals surface area contributed by atoms with E-state index in [1.807, 2.05) is 6.92 Å². The van der Waals surface area contributed by atoms with E-state index >= 15 is 0 Å². The number of nitrogens with zero attached hydrogens (tertiary/aromatic N) is 2. The van der Waals surface area contributed by atoms with E-state index in [0.717, 1.165) is 18.4 Å². The Balaban J connectivity index is 1.49. The fourth-order valence-corrected chi connectivity index (χ4v) is 5.85. The summed E-state index contributed by atoms with van der Waals surface area (Å²) in [5.74, 6) is 0.171. The standard InChI is InChI=1S/C33H31ClN2O6S/c1-5-6-17-40-31(38)23-9-7-21(8-10-23)26-16-15-25(42-26)18-27-30(37)36-29(22-11-13-24(34)14-12-22)28(32(39)41-19(2)3)20(4)35-33(36)43-27/h7-16,18-19,29H,5-6,17H2,1-4H3/b27-18-/t29-/m0/s1. The zero-order valence-electron chi connectivity index (χ0n) is 24.3. The van der Waals surface area contributed by atoms with Gasteiger partial charge in [-0.3, -0.25) is 9.36 Å². The molecule has 0 unspecified atom stereocenters. The van der Waals surface area contributed by atoms with Crippen molar-refractivity contribution in [2.75, 3.05) is 6.61 Å². The number of esters is 2. The molecule has 3 heterocycles. The van der Waals surface area contributed by atoms with Gasteiger partial charge in [0, 0.05) is 16.7 Å². The van der Waals surface area contributed by atoms with Crippen LogP contribution in [0.1, 0.15) is 68.3 Å². The Bertz CT molecular complexity index is 1860. The van der Waals surface area contributed by atoms with Crippen molar-refractivity contribution in [3.63, 3.8) is 0 Å².